The minimum atomic E-state index is -0.276. The van der Waals surface area contributed by atoms with Crippen molar-refractivity contribution in [2.24, 2.45) is 0 Å². The molecule has 4 aromatic rings. The number of rotatable bonds is 5. The second-order valence-electron chi connectivity index (χ2n) is 5.60. The van der Waals surface area contributed by atoms with E-state index in [9.17, 15) is 4.39 Å². The van der Waals surface area contributed by atoms with E-state index in [1.165, 1.54) is 12.1 Å². The van der Waals surface area contributed by atoms with Gasteiger partial charge in [-0.15, -0.1) is 15.3 Å². The van der Waals surface area contributed by atoms with Crippen molar-refractivity contribution in [1.29, 1.82) is 0 Å². The Morgan fingerprint density at radius 3 is 2.62 bits per heavy atom. The van der Waals surface area contributed by atoms with E-state index in [4.69, 9.17) is 11.6 Å². The topological polar surface area (TPSA) is 67.1 Å². The molecule has 0 radical (unpaired) electrons. The quantitative estimate of drug-likeness (QED) is 0.550. The fourth-order valence-corrected chi connectivity index (χ4v) is 2.66. The molecule has 0 spiro atoms. The standard InChI is InChI=1S/C18H14ClFN6/c19-12-2-1-3-15(10-12)22-16-8-9-17-23-24-18(26(17)25-16)11-21-14-6-4-13(20)5-7-14/h1-10,21H,11H2,(H,22,25). The largest absolute Gasteiger partial charge is 0.378 e. The van der Waals surface area contributed by atoms with Crippen molar-refractivity contribution >= 4 is 34.4 Å². The molecule has 0 saturated heterocycles. The highest BCUT2D eigenvalue weighted by molar-refractivity contribution is 6.30. The van der Waals surface area contributed by atoms with Gasteiger partial charge in [0.05, 0.1) is 6.54 Å². The van der Waals surface area contributed by atoms with E-state index in [-0.39, 0.29) is 5.82 Å². The Kier molecular flexibility index (Phi) is 4.37. The van der Waals surface area contributed by atoms with Gasteiger partial charge in [-0.2, -0.15) is 4.52 Å². The van der Waals surface area contributed by atoms with Crippen LogP contribution in [-0.4, -0.2) is 19.8 Å². The van der Waals surface area contributed by atoms with Crippen molar-refractivity contribution in [1.82, 2.24) is 19.8 Å². The molecule has 0 aliphatic rings. The molecule has 130 valence electrons. The lowest BCUT2D eigenvalue weighted by molar-refractivity contribution is 0.628. The summed E-state index contributed by atoms with van der Waals surface area (Å²) in [5, 5.41) is 19.8. The predicted octanol–water partition coefficient (Wildman–Crippen LogP) is 4.27. The lowest BCUT2D eigenvalue weighted by Gasteiger charge is -2.07. The predicted molar refractivity (Wildman–Crippen MR) is 99.2 cm³/mol. The average molecular weight is 369 g/mol. The van der Waals surface area contributed by atoms with Crippen molar-refractivity contribution in [3.63, 3.8) is 0 Å². The first-order chi connectivity index (χ1) is 12.7. The van der Waals surface area contributed by atoms with Crippen molar-refractivity contribution < 1.29 is 4.39 Å². The highest BCUT2D eigenvalue weighted by atomic mass is 35.5. The van der Waals surface area contributed by atoms with Crippen LogP contribution in [0.1, 0.15) is 5.82 Å². The SMILES string of the molecule is Fc1ccc(NCc2nnc3ccc(Nc4cccc(Cl)c4)nn23)cc1. The van der Waals surface area contributed by atoms with E-state index in [1.807, 2.05) is 36.4 Å². The second kappa shape index (κ2) is 6.97. The van der Waals surface area contributed by atoms with Gasteiger partial charge < -0.3 is 10.6 Å². The Bertz CT molecular complexity index is 1050. The van der Waals surface area contributed by atoms with Crippen LogP contribution >= 0.6 is 11.6 Å². The molecule has 2 N–H and O–H groups in total. The van der Waals surface area contributed by atoms with Crippen LogP contribution in [0.15, 0.2) is 60.7 Å². The molecule has 0 atom stereocenters. The summed E-state index contributed by atoms with van der Waals surface area (Å²) in [6.45, 7) is 0.403. The molecule has 0 aliphatic heterocycles. The first-order valence-corrected chi connectivity index (χ1v) is 8.28. The number of hydrogen-bond donors (Lipinski definition) is 2. The number of fused-ring (bicyclic) bond motifs is 1. The fourth-order valence-electron chi connectivity index (χ4n) is 2.47. The smallest absolute Gasteiger partial charge is 0.178 e. The van der Waals surface area contributed by atoms with Crippen LogP contribution in [0, 0.1) is 5.82 Å². The van der Waals surface area contributed by atoms with Crippen LogP contribution in [-0.2, 0) is 6.54 Å². The summed E-state index contributed by atoms with van der Waals surface area (Å²) in [7, 11) is 0. The molecule has 0 fully saturated rings. The van der Waals surface area contributed by atoms with E-state index in [0.717, 1.165) is 11.4 Å². The zero-order valence-corrected chi connectivity index (χ0v) is 14.3. The molecule has 2 aromatic carbocycles. The Labute approximate surface area is 153 Å². The zero-order valence-electron chi connectivity index (χ0n) is 13.5. The number of halogens is 2. The van der Waals surface area contributed by atoms with Gasteiger partial charge in [-0.1, -0.05) is 17.7 Å². The van der Waals surface area contributed by atoms with Gasteiger partial charge in [-0.05, 0) is 54.6 Å². The number of nitrogens with one attached hydrogen (secondary N) is 2. The summed E-state index contributed by atoms with van der Waals surface area (Å²) in [5.74, 6) is 1.00. The normalized spacial score (nSPS) is 10.8. The summed E-state index contributed by atoms with van der Waals surface area (Å²) >= 11 is 6.01. The zero-order chi connectivity index (χ0) is 17.9. The van der Waals surface area contributed by atoms with Gasteiger partial charge in [0.15, 0.2) is 17.3 Å². The maximum Gasteiger partial charge on any atom is 0.178 e. The maximum atomic E-state index is 13.0. The third-order valence-corrected chi connectivity index (χ3v) is 3.95. The number of aromatic nitrogens is 4. The van der Waals surface area contributed by atoms with Crippen molar-refractivity contribution in [3.8, 4) is 0 Å². The Hall–Kier alpha value is -3.19. The first-order valence-electron chi connectivity index (χ1n) is 7.91. The van der Waals surface area contributed by atoms with Crippen molar-refractivity contribution in [2.45, 2.75) is 6.54 Å². The lowest BCUT2D eigenvalue weighted by atomic mass is 10.3. The van der Waals surface area contributed by atoms with Gasteiger partial charge in [0, 0.05) is 16.4 Å². The summed E-state index contributed by atoms with van der Waals surface area (Å²) < 4.78 is 14.6. The van der Waals surface area contributed by atoms with Gasteiger partial charge in [0.1, 0.15) is 5.82 Å². The number of hydrogen-bond acceptors (Lipinski definition) is 5. The summed E-state index contributed by atoms with van der Waals surface area (Å²) in [6, 6.07) is 17.2. The van der Waals surface area contributed by atoms with Crippen molar-refractivity contribution in [3.05, 3.63) is 77.3 Å². The molecule has 8 heteroatoms. The fraction of sp³-hybridized carbons (Fsp3) is 0.0556. The van der Waals surface area contributed by atoms with Crippen LogP contribution in [0.3, 0.4) is 0 Å². The van der Waals surface area contributed by atoms with E-state index in [2.05, 4.69) is 25.9 Å². The summed E-state index contributed by atoms with van der Waals surface area (Å²) in [5.41, 5.74) is 2.26. The van der Waals surface area contributed by atoms with Crippen LogP contribution < -0.4 is 10.6 Å². The first kappa shape index (κ1) is 16.3. The molecular formula is C18H14ClFN6. The Morgan fingerprint density at radius 1 is 0.962 bits per heavy atom. The van der Waals surface area contributed by atoms with E-state index < -0.39 is 0 Å². The van der Waals surface area contributed by atoms with Crippen LogP contribution in [0.2, 0.25) is 5.02 Å². The third kappa shape index (κ3) is 3.57. The Balaban J connectivity index is 1.55. The minimum absolute atomic E-state index is 0.276. The molecule has 0 unspecified atom stereocenters. The monoisotopic (exact) mass is 368 g/mol. The molecule has 26 heavy (non-hydrogen) atoms. The van der Waals surface area contributed by atoms with E-state index >= 15 is 0 Å². The van der Waals surface area contributed by atoms with Gasteiger partial charge in [0.2, 0.25) is 0 Å². The molecule has 0 aliphatic carbocycles. The second-order valence-corrected chi connectivity index (χ2v) is 6.04. The van der Waals surface area contributed by atoms with Gasteiger partial charge in [0.25, 0.3) is 0 Å². The number of anilines is 3. The third-order valence-electron chi connectivity index (χ3n) is 3.72. The van der Waals surface area contributed by atoms with Crippen molar-refractivity contribution in [2.75, 3.05) is 10.6 Å². The lowest BCUT2D eigenvalue weighted by Crippen LogP contribution is -2.07. The van der Waals surface area contributed by atoms with Crippen LogP contribution in [0.4, 0.5) is 21.6 Å². The molecule has 0 saturated carbocycles. The van der Waals surface area contributed by atoms with E-state index in [0.29, 0.717) is 28.9 Å². The van der Waals surface area contributed by atoms with Crippen LogP contribution in [0.5, 0.6) is 0 Å². The van der Waals surface area contributed by atoms with E-state index in [1.54, 1.807) is 16.6 Å². The molecule has 0 amide bonds. The molecular weight excluding hydrogens is 355 g/mol. The van der Waals surface area contributed by atoms with Gasteiger partial charge >= 0.3 is 0 Å². The summed E-state index contributed by atoms with van der Waals surface area (Å²) in [4.78, 5) is 0. The summed E-state index contributed by atoms with van der Waals surface area (Å²) in [6.07, 6.45) is 0. The van der Waals surface area contributed by atoms with Crippen LogP contribution in [0.25, 0.3) is 5.65 Å². The molecule has 2 heterocycles. The minimum Gasteiger partial charge on any atom is -0.378 e. The molecule has 0 bridgehead atoms. The number of benzene rings is 2. The maximum absolute atomic E-state index is 13.0. The highest BCUT2D eigenvalue weighted by Crippen LogP contribution is 2.19. The highest BCUT2D eigenvalue weighted by Gasteiger charge is 2.08. The Morgan fingerprint density at radius 2 is 1.81 bits per heavy atom. The van der Waals surface area contributed by atoms with Gasteiger partial charge in [-0.3, -0.25) is 0 Å². The average Bonchev–Trinajstić information content (AvgIpc) is 3.04. The molecule has 4 rings (SSSR count). The van der Waals surface area contributed by atoms with Gasteiger partial charge in [-0.25, -0.2) is 4.39 Å². The molecule has 6 nitrogen and oxygen atoms in total. The molecule has 2 aromatic heterocycles. The number of nitrogens with zero attached hydrogens (tertiary/aromatic N) is 4.